The van der Waals surface area contributed by atoms with Crippen molar-refractivity contribution in [2.45, 2.75) is 11.1 Å². The van der Waals surface area contributed by atoms with E-state index in [2.05, 4.69) is 4.18 Å². The van der Waals surface area contributed by atoms with E-state index in [1.165, 1.54) is 24.3 Å². The molecule has 1 spiro atoms. The fourth-order valence-corrected chi connectivity index (χ4v) is 4.32. The van der Waals surface area contributed by atoms with Gasteiger partial charge in [0.15, 0.2) is 5.60 Å². The number of carbonyl (C=O) groups is 1. The lowest BCUT2D eigenvalue weighted by atomic mass is 9.77. The summed E-state index contributed by atoms with van der Waals surface area (Å²) in [5.41, 5.74) is -5.80. The summed E-state index contributed by atoms with van der Waals surface area (Å²) >= 11 is 0. The molecule has 0 aromatic heterocycles. The van der Waals surface area contributed by atoms with Gasteiger partial charge in [0, 0.05) is 28.8 Å². The molecule has 164 valence electrons. The van der Waals surface area contributed by atoms with Crippen LogP contribution in [-0.4, -0.2) is 25.0 Å². The summed E-state index contributed by atoms with van der Waals surface area (Å²) in [6, 6.07) is 13.9. The third kappa shape index (κ3) is 2.74. The summed E-state index contributed by atoms with van der Waals surface area (Å²) in [7, 11) is -5.91. The molecule has 1 atom stereocenters. The molecule has 11 heteroatoms. The first-order valence-corrected chi connectivity index (χ1v) is 10.4. The van der Waals surface area contributed by atoms with E-state index in [0.717, 1.165) is 12.1 Å². The maximum absolute atomic E-state index is 12.7. The van der Waals surface area contributed by atoms with Crippen LogP contribution in [0.25, 0.3) is 0 Å². The molecular formula is C21H11F3O7S. The summed E-state index contributed by atoms with van der Waals surface area (Å²) < 4.78 is 76.7. The SMILES string of the molecule is O=C1OC2(c3ccc(O)cc3Oc3cc(OS(=O)(=O)C(F)(F)F)ccc32)c2ccccc21. The first kappa shape index (κ1) is 20.2. The molecule has 0 fully saturated rings. The van der Waals surface area contributed by atoms with Gasteiger partial charge in [-0.05, 0) is 30.3 Å². The van der Waals surface area contributed by atoms with Crippen molar-refractivity contribution >= 4 is 16.1 Å². The van der Waals surface area contributed by atoms with Crippen LogP contribution in [-0.2, 0) is 20.5 Å². The number of phenols is 1. The highest BCUT2D eigenvalue weighted by Gasteiger charge is 2.54. The normalized spacial score (nSPS) is 18.9. The van der Waals surface area contributed by atoms with Crippen molar-refractivity contribution in [2.24, 2.45) is 0 Å². The second kappa shape index (κ2) is 6.39. The Balaban J connectivity index is 1.73. The Labute approximate surface area is 178 Å². The summed E-state index contributed by atoms with van der Waals surface area (Å²) in [6.07, 6.45) is 0. The molecule has 0 saturated carbocycles. The van der Waals surface area contributed by atoms with Gasteiger partial charge in [-0.25, -0.2) is 4.79 Å². The summed E-state index contributed by atoms with van der Waals surface area (Å²) in [5.74, 6) is -1.50. The second-order valence-electron chi connectivity index (χ2n) is 7.04. The van der Waals surface area contributed by atoms with Crippen molar-refractivity contribution in [3.8, 4) is 23.0 Å². The summed E-state index contributed by atoms with van der Waals surface area (Å²) in [6.45, 7) is 0. The average Bonchev–Trinajstić information content (AvgIpc) is 3.00. The molecule has 1 unspecified atom stereocenters. The van der Waals surface area contributed by atoms with Gasteiger partial charge in [0.2, 0.25) is 0 Å². The Morgan fingerprint density at radius 3 is 2.28 bits per heavy atom. The van der Waals surface area contributed by atoms with Crippen LogP contribution in [0.3, 0.4) is 0 Å². The standard InChI is InChI=1S/C21H11F3O7S/c22-21(23,24)32(27,28)31-12-6-8-16-18(10-12)29-17-9-11(25)5-7-15(17)20(16)14-4-2-1-3-13(14)19(26)30-20/h1-10,25H. The first-order valence-electron chi connectivity index (χ1n) is 9.02. The molecule has 32 heavy (non-hydrogen) atoms. The third-order valence-electron chi connectivity index (χ3n) is 5.16. The van der Waals surface area contributed by atoms with Crippen LogP contribution in [0, 0.1) is 0 Å². The molecule has 2 aliphatic heterocycles. The lowest BCUT2D eigenvalue weighted by Gasteiger charge is -2.36. The number of fused-ring (bicyclic) bond motifs is 6. The number of carbonyl (C=O) groups excluding carboxylic acids is 1. The zero-order valence-electron chi connectivity index (χ0n) is 15.7. The number of ether oxygens (including phenoxy) is 2. The number of alkyl halides is 3. The maximum Gasteiger partial charge on any atom is 0.534 e. The number of aromatic hydroxyl groups is 1. The number of halogens is 3. The molecule has 2 heterocycles. The zero-order valence-corrected chi connectivity index (χ0v) is 16.5. The molecule has 1 N–H and O–H groups in total. The minimum atomic E-state index is -5.91. The van der Waals surface area contributed by atoms with Gasteiger partial charge in [-0.15, -0.1) is 0 Å². The molecule has 0 radical (unpaired) electrons. The number of benzene rings is 3. The fraction of sp³-hybridized carbons (Fsp3) is 0.0952. The van der Waals surface area contributed by atoms with E-state index in [1.807, 2.05) is 0 Å². The third-order valence-corrected chi connectivity index (χ3v) is 6.14. The number of esters is 1. The summed E-state index contributed by atoms with van der Waals surface area (Å²) in [4.78, 5) is 12.6. The van der Waals surface area contributed by atoms with Crippen LogP contribution in [0.5, 0.6) is 23.0 Å². The smallest absolute Gasteiger partial charge is 0.508 e. The summed E-state index contributed by atoms with van der Waals surface area (Å²) in [5, 5.41) is 9.89. The molecule has 2 aliphatic rings. The van der Waals surface area contributed by atoms with Crippen LogP contribution in [0.4, 0.5) is 13.2 Å². The molecule has 5 rings (SSSR count). The molecule has 0 aliphatic carbocycles. The van der Waals surface area contributed by atoms with Gasteiger partial charge in [-0.3, -0.25) is 0 Å². The number of rotatable bonds is 2. The van der Waals surface area contributed by atoms with Gasteiger partial charge >= 0.3 is 21.6 Å². The second-order valence-corrected chi connectivity index (χ2v) is 8.58. The Kier molecular flexibility index (Phi) is 4.03. The van der Waals surface area contributed by atoms with E-state index in [4.69, 9.17) is 9.47 Å². The quantitative estimate of drug-likeness (QED) is 0.345. The van der Waals surface area contributed by atoms with Crippen molar-refractivity contribution in [1.82, 2.24) is 0 Å². The van der Waals surface area contributed by atoms with Crippen LogP contribution in [0.15, 0.2) is 60.7 Å². The zero-order chi connectivity index (χ0) is 22.9. The van der Waals surface area contributed by atoms with Crippen LogP contribution < -0.4 is 8.92 Å². The monoisotopic (exact) mass is 464 g/mol. The van der Waals surface area contributed by atoms with Crippen molar-refractivity contribution in [3.05, 3.63) is 82.9 Å². The van der Waals surface area contributed by atoms with E-state index < -0.39 is 32.9 Å². The Morgan fingerprint density at radius 1 is 0.906 bits per heavy atom. The highest BCUT2D eigenvalue weighted by molar-refractivity contribution is 7.88. The first-order chi connectivity index (χ1) is 15.0. The molecule has 0 amide bonds. The van der Waals surface area contributed by atoms with Gasteiger partial charge in [0.1, 0.15) is 23.0 Å². The van der Waals surface area contributed by atoms with Crippen LogP contribution in [0.1, 0.15) is 27.0 Å². The van der Waals surface area contributed by atoms with Gasteiger partial charge in [0.05, 0.1) is 5.56 Å². The molecule has 3 aromatic rings. The van der Waals surface area contributed by atoms with Crippen molar-refractivity contribution < 1.29 is 45.1 Å². The van der Waals surface area contributed by atoms with E-state index in [9.17, 15) is 31.5 Å². The maximum atomic E-state index is 12.7. The van der Waals surface area contributed by atoms with E-state index in [-0.39, 0.29) is 28.4 Å². The Hall–Kier alpha value is -3.73. The Morgan fingerprint density at radius 2 is 1.56 bits per heavy atom. The molecule has 7 nitrogen and oxygen atoms in total. The number of phenolic OH excluding ortho intramolecular Hbond substituents is 1. The van der Waals surface area contributed by atoms with Crippen molar-refractivity contribution in [1.29, 1.82) is 0 Å². The Bertz CT molecular complexity index is 1400. The number of hydrogen-bond donors (Lipinski definition) is 1. The topological polar surface area (TPSA) is 99.1 Å². The predicted molar refractivity (Wildman–Crippen MR) is 102 cm³/mol. The van der Waals surface area contributed by atoms with E-state index >= 15 is 0 Å². The number of hydrogen-bond acceptors (Lipinski definition) is 7. The largest absolute Gasteiger partial charge is 0.534 e. The van der Waals surface area contributed by atoms with Gasteiger partial charge < -0.3 is 18.8 Å². The molecule has 0 saturated heterocycles. The lowest BCUT2D eigenvalue weighted by molar-refractivity contribution is -0.0500. The highest BCUT2D eigenvalue weighted by atomic mass is 32.2. The van der Waals surface area contributed by atoms with Crippen molar-refractivity contribution in [3.63, 3.8) is 0 Å². The van der Waals surface area contributed by atoms with Gasteiger partial charge in [0.25, 0.3) is 0 Å². The predicted octanol–water partition coefficient (Wildman–Crippen LogP) is 4.19. The van der Waals surface area contributed by atoms with Crippen LogP contribution >= 0.6 is 0 Å². The van der Waals surface area contributed by atoms with Crippen molar-refractivity contribution in [2.75, 3.05) is 0 Å². The average molecular weight is 464 g/mol. The minimum absolute atomic E-state index is 0.0674. The minimum Gasteiger partial charge on any atom is -0.508 e. The molecular weight excluding hydrogens is 453 g/mol. The molecule has 3 aromatic carbocycles. The van der Waals surface area contributed by atoms with Gasteiger partial charge in [-0.1, -0.05) is 18.2 Å². The molecule has 0 bridgehead atoms. The fourth-order valence-electron chi connectivity index (χ4n) is 3.87. The van der Waals surface area contributed by atoms with Crippen LogP contribution in [0.2, 0.25) is 0 Å². The van der Waals surface area contributed by atoms with Gasteiger partial charge in [-0.2, -0.15) is 21.6 Å². The van der Waals surface area contributed by atoms with E-state index in [1.54, 1.807) is 24.3 Å². The highest BCUT2D eigenvalue weighted by Crippen LogP contribution is 2.57. The van der Waals surface area contributed by atoms with E-state index in [0.29, 0.717) is 11.1 Å². The lowest BCUT2D eigenvalue weighted by Crippen LogP contribution is -2.33.